The van der Waals surface area contributed by atoms with Crippen molar-refractivity contribution < 1.29 is 26.4 Å². The lowest BCUT2D eigenvalue weighted by molar-refractivity contribution is -0.507. The van der Waals surface area contributed by atoms with Gasteiger partial charge < -0.3 is 17.0 Å². The highest BCUT2D eigenvalue weighted by Crippen LogP contribution is 2.13. The van der Waals surface area contributed by atoms with Crippen molar-refractivity contribution in [3.8, 4) is 0 Å². The van der Waals surface area contributed by atoms with Crippen molar-refractivity contribution in [3.05, 3.63) is 58.3 Å². The van der Waals surface area contributed by atoms with E-state index in [1.165, 1.54) is 29.0 Å². The maximum Gasteiger partial charge on any atom is 0.236 e. The van der Waals surface area contributed by atoms with Crippen molar-refractivity contribution in [3.63, 3.8) is 0 Å². The fraction of sp³-hybridized carbons (Fsp3) is 0.294. The SMILES string of the molecule is O=C(C[N+]1=C(Cc2ccccc2)CCC1)c1cccs1.[Br-]. The minimum atomic E-state index is 0. The molecule has 1 aromatic heterocycles. The Balaban J connectivity index is 0.00000161. The van der Waals surface area contributed by atoms with Crippen molar-refractivity contribution in [2.45, 2.75) is 19.3 Å². The first-order valence-electron chi connectivity index (χ1n) is 7.03. The molecule has 21 heavy (non-hydrogen) atoms. The Kier molecular flexibility index (Phi) is 5.88. The number of nitrogens with zero attached hydrogens (tertiary/aromatic N) is 1. The lowest BCUT2D eigenvalue weighted by Crippen LogP contribution is -3.00. The average Bonchev–Trinajstić information content (AvgIpc) is 3.12. The molecule has 2 nitrogen and oxygen atoms in total. The van der Waals surface area contributed by atoms with E-state index in [4.69, 9.17) is 0 Å². The molecular formula is C17H18BrNOS. The average molecular weight is 364 g/mol. The number of ketones is 1. The monoisotopic (exact) mass is 363 g/mol. The van der Waals surface area contributed by atoms with Crippen LogP contribution in [-0.2, 0) is 6.42 Å². The fourth-order valence-electron chi connectivity index (χ4n) is 2.70. The van der Waals surface area contributed by atoms with E-state index in [0.717, 1.165) is 24.3 Å². The van der Waals surface area contributed by atoms with Crippen LogP contribution < -0.4 is 17.0 Å². The Hall–Kier alpha value is -1.26. The molecule has 0 spiro atoms. The highest BCUT2D eigenvalue weighted by molar-refractivity contribution is 7.12. The van der Waals surface area contributed by atoms with Crippen molar-refractivity contribution in [1.29, 1.82) is 0 Å². The molecule has 1 aliphatic heterocycles. The molecule has 4 heteroatoms. The van der Waals surface area contributed by atoms with Gasteiger partial charge in [-0.1, -0.05) is 36.4 Å². The second-order valence-corrected chi connectivity index (χ2v) is 6.10. The van der Waals surface area contributed by atoms with Crippen LogP contribution in [0.25, 0.3) is 0 Å². The van der Waals surface area contributed by atoms with Crippen LogP contribution in [0.2, 0.25) is 0 Å². The van der Waals surface area contributed by atoms with E-state index in [-0.39, 0.29) is 22.8 Å². The molecule has 0 fully saturated rings. The van der Waals surface area contributed by atoms with Gasteiger partial charge in [0.25, 0.3) is 0 Å². The number of Topliss-reactive ketones (excluding diaryl/α,β-unsaturated/α-hetero) is 1. The Morgan fingerprint density at radius 1 is 1.14 bits per heavy atom. The van der Waals surface area contributed by atoms with Crippen molar-refractivity contribution in [2.24, 2.45) is 0 Å². The summed E-state index contributed by atoms with van der Waals surface area (Å²) in [6.45, 7) is 1.54. The predicted molar refractivity (Wildman–Crippen MR) is 83.0 cm³/mol. The van der Waals surface area contributed by atoms with Crippen LogP contribution in [0.3, 0.4) is 0 Å². The summed E-state index contributed by atoms with van der Waals surface area (Å²) in [7, 11) is 0. The summed E-state index contributed by atoms with van der Waals surface area (Å²) < 4.78 is 2.27. The van der Waals surface area contributed by atoms with Gasteiger partial charge in [-0.15, -0.1) is 11.3 Å². The Morgan fingerprint density at radius 2 is 1.95 bits per heavy atom. The molecule has 0 atom stereocenters. The van der Waals surface area contributed by atoms with E-state index < -0.39 is 0 Å². The lowest BCUT2D eigenvalue weighted by atomic mass is 10.1. The second-order valence-electron chi connectivity index (χ2n) is 5.15. The minimum Gasteiger partial charge on any atom is -1.00 e. The number of thiophene rings is 1. The maximum atomic E-state index is 12.2. The summed E-state index contributed by atoms with van der Waals surface area (Å²) >= 11 is 1.53. The van der Waals surface area contributed by atoms with Gasteiger partial charge in [-0.05, 0) is 17.0 Å². The lowest BCUT2D eigenvalue weighted by Gasteiger charge is -2.02. The van der Waals surface area contributed by atoms with Gasteiger partial charge >= 0.3 is 0 Å². The van der Waals surface area contributed by atoms with Gasteiger partial charge in [0.2, 0.25) is 12.3 Å². The molecule has 0 saturated carbocycles. The van der Waals surface area contributed by atoms with E-state index in [9.17, 15) is 4.79 Å². The van der Waals surface area contributed by atoms with Crippen LogP contribution in [0.15, 0.2) is 47.8 Å². The normalized spacial score (nSPS) is 14.1. The third-order valence-electron chi connectivity index (χ3n) is 3.72. The molecule has 0 unspecified atom stereocenters. The molecule has 3 rings (SSSR count). The van der Waals surface area contributed by atoms with Crippen molar-refractivity contribution in [1.82, 2.24) is 0 Å². The van der Waals surface area contributed by atoms with Crippen molar-refractivity contribution >= 4 is 22.8 Å². The van der Waals surface area contributed by atoms with Crippen LogP contribution in [-0.4, -0.2) is 29.2 Å². The van der Waals surface area contributed by atoms with Crippen LogP contribution in [0.4, 0.5) is 0 Å². The third kappa shape index (κ3) is 4.11. The highest BCUT2D eigenvalue weighted by atomic mass is 79.9. The Labute approximate surface area is 139 Å². The van der Waals surface area contributed by atoms with E-state index in [1.54, 1.807) is 0 Å². The zero-order chi connectivity index (χ0) is 13.8. The van der Waals surface area contributed by atoms with Gasteiger partial charge in [-0.25, -0.2) is 4.58 Å². The number of halogens is 1. The van der Waals surface area contributed by atoms with Crippen LogP contribution >= 0.6 is 11.3 Å². The predicted octanol–water partition coefficient (Wildman–Crippen LogP) is 0.425. The third-order valence-corrected chi connectivity index (χ3v) is 4.63. The minimum absolute atomic E-state index is 0. The topological polar surface area (TPSA) is 20.1 Å². The van der Waals surface area contributed by atoms with E-state index in [0.29, 0.717) is 6.54 Å². The summed E-state index contributed by atoms with van der Waals surface area (Å²) in [5.74, 6) is 0.243. The fourth-order valence-corrected chi connectivity index (χ4v) is 3.36. The second kappa shape index (κ2) is 7.66. The maximum absolute atomic E-state index is 12.2. The smallest absolute Gasteiger partial charge is 0.236 e. The van der Waals surface area contributed by atoms with Gasteiger partial charge in [0.05, 0.1) is 11.3 Å². The summed E-state index contributed by atoms with van der Waals surface area (Å²) in [5, 5.41) is 1.96. The zero-order valence-corrected chi connectivity index (χ0v) is 14.2. The molecular weight excluding hydrogens is 346 g/mol. The quantitative estimate of drug-likeness (QED) is 0.557. The van der Waals surface area contributed by atoms with Crippen LogP contribution in [0.1, 0.15) is 28.1 Å². The van der Waals surface area contributed by atoms with Crippen LogP contribution in [0, 0.1) is 0 Å². The summed E-state index contributed by atoms with van der Waals surface area (Å²) in [4.78, 5) is 13.1. The van der Waals surface area contributed by atoms with Gasteiger partial charge in [-0.2, -0.15) is 0 Å². The van der Waals surface area contributed by atoms with E-state index in [1.807, 2.05) is 23.6 Å². The molecule has 1 aliphatic rings. The molecule has 2 heterocycles. The molecule has 0 bridgehead atoms. The van der Waals surface area contributed by atoms with Gasteiger partial charge in [-0.3, -0.25) is 4.79 Å². The van der Waals surface area contributed by atoms with Gasteiger partial charge in [0.1, 0.15) is 6.54 Å². The van der Waals surface area contributed by atoms with Crippen LogP contribution in [0.5, 0.6) is 0 Å². The number of rotatable bonds is 5. The first-order valence-corrected chi connectivity index (χ1v) is 7.91. The molecule has 0 N–H and O–H groups in total. The summed E-state index contributed by atoms with van der Waals surface area (Å²) in [5.41, 5.74) is 2.74. The van der Waals surface area contributed by atoms with Crippen molar-refractivity contribution in [2.75, 3.05) is 13.1 Å². The number of carbonyl (C=O) groups is 1. The summed E-state index contributed by atoms with van der Waals surface area (Å²) in [6.07, 6.45) is 3.26. The van der Waals surface area contributed by atoms with Gasteiger partial charge in [0.15, 0.2) is 5.71 Å². The molecule has 2 aromatic rings. The number of benzene rings is 1. The molecule has 110 valence electrons. The Bertz CT molecular complexity index is 620. The number of hydrogen-bond acceptors (Lipinski definition) is 2. The molecule has 0 radical (unpaired) electrons. The molecule has 0 aliphatic carbocycles. The Morgan fingerprint density at radius 3 is 2.67 bits per heavy atom. The summed E-state index contributed by atoms with van der Waals surface area (Å²) in [6, 6.07) is 14.4. The highest BCUT2D eigenvalue weighted by Gasteiger charge is 2.25. The zero-order valence-electron chi connectivity index (χ0n) is 11.8. The number of carbonyl (C=O) groups excluding carboxylic acids is 1. The largest absolute Gasteiger partial charge is 1.00 e. The number of hydrogen-bond donors (Lipinski definition) is 0. The molecule has 0 saturated heterocycles. The van der Waals surface area contributed by atoms with Gasteiger partial charge in [0, 0.05) is 12.8 Å². The van der Waals surface area contributed by atoms with E-state index >= 15 is 0 Å². The molecule has 1 aromatic carbocycles. The molecule has 0 amide bonds. The first-order chi connectivity index (χ1) is 9.83. The first kappa shape index (κ1) is 16.1. The van der Waals surface area contributed by atoms with E-state index in [2.05, 4.69) is 28.8 Å². The standard InChI is InChI=1S/C17H18NOS.BrH/c19-16(17-9-5-11-20-17)13-18-10-4-8-15(18)12-14-6-2-1-3-7-14;/h1-3,5-7,9,11H,4,8,10,12-13H2;1H/q+1;/p-1.